The van der Waals surface area contributed by atoms with Crippen LogP contribution in [0.4, 0.5) is 0 Å². The molecule has 128 valence electrons. The van der Waals surface area contributed by atoms with Crippen LogP contribution >= 0.6 is 17.9 Å². The second kappa shape index (κ2) is 9.95. The average molecular weight is 398 g/mol. The number of phenols is 1. The molecule has 1 atom stereocenters. The van der Waals surface area contributed by atoms with E-state index < -0.39 is 0 Å². The van der Waals surface area contributed by atoms with E-state index in [1.807, 2.05) is 25.1 Å². The van der Waals surface area contributed by atoms with E-state index in [0.717, 1.165) is 17.4 Å². The number of benzene rings is 2. The predicted octanol–water partition coefficient (Wildman–Crippen LogP) is 5.00. The third kappa shape index (κ3) is 6.86. The summed E-state index contributed by atoms with van der Waals surface area (Å²) in [5.41, 5.74) is 3.41. The molecule has 0 heterocycles. The molecule has 0 bridgehead atoms. The van der Waals surface area contributed by atoms with Gasteiger partial charge in [0.25, 0.3) is 0 Å². The molecule has 2 nitrogen and oxygen atoms in total. The van der Waals surface area contributed by atoms with Gasteiger partial charge in [-0.3, -0.25) is 0 Å². The second-order valence-electron chi connectivity index (χ2n) is 6.74. The van der Waals surface area contributed by atoms with Crippen molar-refractivity contribution < 1.29 is 24.5 Å². The maximum absolute atomic E-state index is 10.2. The number of hydrogen-bond acceptors (Lipinski definition) is 1. The molecule has 0 saturated heterocycles. The van der Waals surface area contributed by atoms with Gasteiger partial charge in [0.2, 0.25) is 0 Å². The van der Waals surface area contributed by atoms with E-state index in [-0.39, 0.29) is 5.54 Å². The quantitative estimate of drug-likeness (QED) is 0.572. The van der Waals surface area contributed by atoms with E-state index in [4.69, 9.17) is 5.32 Å². The van der Waals surface area contributed by atoms with Crippen LogP contribution in [0, 0.1) is 13.8 Å². The van der Waals surface area contributed by atoms with Crippen molar-refractivity contribution in [3.05, 3.63) is 58.4 Å². The Morgan fingerprint density at radius 1 is 1.08 bits per heavy atom. The van der Waals surface area contributed by atoms with Crippen LogP contribution in [0.3, 0.4) is 0 Å². The Labute approximate surface area is 163 Å². The number of hydrogen-bond donors (Lipinski definition) is 1. The van der Waals surface area contributed by atoms with Gasteiger partial charge in [0, 0.05) is 5.30 Å². The third-order valence-corrected chi connectivity index (χ3v) is 4.92. The van der Waals surface area contributed by atoms with Gasteiger partial charge in [-0.25, -0.2) is 0 Å². The van der Waals surface area contributed by atoms with Crippen molar-refractivity contribution in [3.8, 4) is 5.75 Å². The number of aromatic hydroxyl groups is 1. The Bertz CT molecular complexity index is 671. The molecule has 5 heteroatoms. The molecule has 2 aromatic rings. The topological polar surface area (TPSA) is 34.3 Å². The van der Waals surface area contributed by atoms with Crippen molar-refractivity contribution in [2.45, 2.75) is 46.7 Å². The van der Waals surface area contributed by atoms with E-state index >= 15 is 0 Å². The Morgan fingerprint density at radius 3 is 2.38 bits per heavy atom. The summed E-state index contributed by atoms with van der Waals surface area (Å²) in [6.45, 7) is 11.1. The monoisotopic (exact) mass is 397 g/mol. The van der Waals surface area contributed by atoms with Crippen LogP contribution in [0.5, 0.6) is 5.75 Å². The fraction of sp³-hybridized carbons (Fsp3) is 0.368. The van der Waals surface area contributed by atoms with Gasteiger partial charge >= 0.3 is 28.7 Å². The Balaban J connectivity index is 0.00000139. The van der Waals surface area contributed by atoms with Gasteiger partial charge in [-0.1, -0.05) is 76.9 Å². The summed E-state index contributed by atoms with van der Waals surface area (Å²) in [6.07, 6.45) is 0. The number of aryl methyl sites for hydroxylation is 2. The van der Waals surface area contributed by atoms with Gasteiger partial charge in [-0.2, -0.15) is 0 Å². The SMILES string of the molecule is Cc1ccc(Pc2cccc(C)c2O)c(C[N-]C(C)(C)C)c1.[Cl][Ti+]. The van der Waals surface area contributed by atoms with E-state index in [9.17, 15) is 5.11 Å². The molecule has 0 aliphatic carbocycles. The van der Waals surface area contributed by atoms with Gasteiger partial charge < -0.3 is 10.4 Å². The molecular formula is C19H25ClNOPTi. The van der Waals surface area contributed by atoms with Crippen molar-refractivity contribution in [1.29, 1.82) is 0 Å². The average Bonchev–Trinajstić information content (AvgIpc) is 2.53. The van der Waals surface area contributed by atoms with E-state index in [2.05, 4.69) is 55.2 Å². The van der Waals surface area contributed by atoms with Crippen molar-refractivity contribution >= 4 is 28.5 Å². The van der Waals surface area contributed by atoms with Crippen molar-refractivity contribution in [2.24, 2.45) is 0 Å². The zero-order valence-electron chi connectivity index (χ0n) is 14.9. The first-order valence-corrected chi connectivity index (χ1v) is 10.9. The second-order valence-corrected chi connectivity index (χ2v) is 8.07. The first-order valence-electron chi connectivity index (χ1n) is 7.79. The minimum atomic E-state index is -0.0321. The normalized spacial score (nSPS) is 11.4. The van der Waals surface area contributed by atoms with Crippen LogP contribution in [0.2, 0.25) is 0 Å². The molecule has 2 rings (SSSR count). The standard InChI is InChI=1S/C19H25NOP.ClH.Ti/c1-13-9-10-16(15(11-13)12-20-19(3,4)5)22-17-8-6-7-14(2)18(17)21;;/h6-11,21-22H,12H2,1-5H3;1H;/q-1;;+2/p-1. The summed E-state index contributed by atoms with van der Waals surface area (Å²) in [4.78, 5) is 0. The summed E-state index contributed by atoms with van der Waals surface area (Å²) in [6, 6.07) is 12.5. The van der Waals surface area contributed by atoms with Crippen molar-refractivity contribution in [1.82, 2.24) is 0 Å². The molecule has 2 aromatic carbocycles. The van der Waals surface area contributed by atoms with Gasteiger partial charge in [0.15, 0.2) is 0 Å². The third-order valence-electron chi connectivity index (χ3n) is 3.49. The van der Waals surface area contributed by atoms with Gasteiger partial charge in [-0.05, 0) is 24.7 Å². The number of phenolic OH excluding ortho intramolecular Hbond substituents is 1. The Morgan fingerprint density at radius 2 is 1.75 bits per heavy atom. The van der Waals surface area contributed by atoms with Crippen LogP contribution in [0.15, 0.2) is 36.4 Å². The van der Waals surface area contributed by atoms with Crippen LogP contribution in [0.25, 0.3) is 5.32 Å². The molecule has 0 aliphatic rings. The first kappa shape index (κ1) is 21.7. The fourth-order valence-electron chi connectivity index (χ4n) is 2.20. The van der Waals surface area contributed by atoms with Gasteiger partial charge in [-0.15, -0.1) is 12.1 Å². The molecule has 0 amide bonds. The molecule has 0 aliphatic heterocycles. The summed E-state index contributed by atoms with van der Waals surface area (Å²) in [7, 11) is 5.09. The minimum absolute atomic E-state index is 0.0321. The van der Waals surface area contributed by atoms with Crippen LogP contribution < -0.4 is 10.6 Å². The molecule has 0 fully saturated rings. The number of para-hydroxylation sites is 1. The number of rotatable bonds is 4. The maximum atomic E-state index is 10.2. The molecule has 0 aromatic heterocycles. The van der Waals surface area contributed by atoms with Gasteiger partial charge in [0.05, 0.1) is 0 Å². The molecule has 1 N–H and O–H groups in total. The zero-order chi connectivity index (χ0) is 18.3. The molecule has 1 unspecified atom stereocenters. The Hall–Kier alpha value is -0.366. The summed E-state index contributed by atoms with van der Waals surface area (Å²) in [5.74, 6) is 0.417. The molecule has 0 radical (unpaired) electrons. The van der Waals surface area contributed by atoms with Crippen LogP contribution in [-0.4, -0.2) is 10.6 Å². The summed E-state index contributed by atoms with van der Waals surface area (Å²) in [5, 5.41) is 17.3. The van der Waals surface area contributed by atoms with E-state index in [1.165, 1.54) is 35.8 Å². The molecule has 24 heavy (non-hydrogen) atoms. The number of nitrogens with zero attached hydrogens (tertiary/aromatic N) is 1. The van der Waals surface area contributed by atoms with Crippen molar-refractivity contribution in [2.75, 3.05) is 0 Å². The summed E-state index contributed by atoms with van der Waals surface area (Å²) < 4.78 is 0. The van der Waals surface area contributed by atoms with Crippen LogP contribution in [-0.2, 0) is 25.9 Å². The molecule has 0 spiro atoms. The predicted molar refractivity (Wildman–Crippen MR) is 104 cm³/mol. The van der Waals surface area contributed by atoms with Gasteiger partial charge in [0.1, 0.15) is 5.75 Å². The first-order chi connectivity index (χ1) is 11.3. The zero-order valence-corrected chi connectivity index (χ0v) is 18.3. The van der Waals surface area contributed by atoms with E-state index in [0.29, 0.717) is 14.3 Å². The van der Waals surface area contributed by atoms with Crippen LogP contribution in [0.1, 0.15) is 37.5 Å². The van der Waals surface area contributed by atoms with Crippen molar-refractivity contribution in [3.63, 3.8) is 0 Å². The summed E-state index contributed by atoms with van der Waals surface area (Å²) >= 11 is 1.47. The Kier molecular flexibility index (Phi) is 8.98. The fourth-order valence-corrected chi connectivity index (χ4v) is 3.47. The molecule has 0 saturated carbocycles. The van der Waals surface area contributed by atoms with E-state index in [1.54, 1.807) is 0 Å². The number of halogens is 1. The molecular weight excluding hydrogens is 373 g/mol.